The van der Waals surface area contributed by atoms with Crippen LogP contribution in [0.15, 0.2) is 12.2 Å². The summed E-state index contributed by atoms with van der Waals surface area (Å²) in [5.74, 6) is 2.96. The summed E-state index contributed by atoms with van der Waals surface area (Å²) in [5.41, 5.74) is 0.646. The normalized spacial score (nSPS) is 42.3. The Balaban J connectivity index is 1.73. The van der Waals surface area contributed by atoms with Crippen molar-refractivity contribution < 1.29 is 0 Å². The zero-order chi connectivity index (χ0) is 10.3. The monoisotopic (exact) mass is 204 g/mol. The first kappa shape index (κ1) is 9.93. The van der Waals surface area contributed by atoms with Crippen molar-refractivity contribution in [2.45, 2.75) is 58.3 Å². The van der Waals surface area contributed by atoms with Crippen LogP contribution in [0.1, 0.15) is 58.3 Å². The van der Waals surface area contributed by atoms with Gasteiger partial charge in [0.2, 0.25) is 0 Å². The molecule has 0 amide bonds. The maximum Gasteiger partial charge on any atom is -0.00841 e. The van der Waals surface area contributed by atoms with Gasteiger partial charge in [-0.05, 0) is 42.4 Å². The summed E-state index contributed by atoms with van der Waals surface area (Å²) in [7, 11) is 0. The Labute approximate surface area is 94.1 Å². The van der Waals surface area contributed by atoms with Crippen molar-refractivity contribution in [3.63, 3.8) is 0 Å². The fraction of sp³-hybridized carbons (Fsp3) is 0.867. The van der Waals surface area contributed by atoms with Crippen molar-refractivity contribution in [2.24, 2.45) is 23.2 Å². The first-order chi connectivity index (χ1) is 7.30. The van der Waals surface area contributed by atoms with Crippen LogP contribution >= 0.6 is 0 Å². The molecule has 3 atom stereocenters. The van der Waals surface area contributed by atoms with Crippen LogP contribution in [0.5, 0.6) is 0 Å². The second-order valence-electron chi connectivity index (χ2n) is 6.28. The van der Waals surface area contributed by atoms with Crippen LogP contribution in [-0.2, 0) is 0 Å². The Bertz CT molecular complexity index is 259. The molecule has 2 bridgehead atoms. The fourth-order valence-corrected chi connectivity index (χ4v) is 4.46. The smallest absolute Gasteiger partial charge is 0.00841 e. The van der Waals surface area contributed by atoms with Gasteiger partial charge in [0.15, 0.2) is 0 Å². The lowest BCUT2D eigenvalue weighted by Crippen LogP contribution is -2.30. The van der Waals surface area contributed by atoms with Crippen molar-refractivity contribution in [1.29, 1.82) is 0 Å². The van der Waals surface area contributed by atoms with E-state index in [1.807, 2.05) is 0 Å². The van der Waals surface area contributed by atoms with Crippen LogP contribution in [0, 0.1) is 23.2 Å². The van der Waals surface area contributed by atoms with E-state index in [2.05, 4.69) is 19.1 Å². The molecule has 3 rings (SSSR count). The van der Waals surface area contributed by atoms with Gasteiger partial charge in [0.25, 0.3) is 0 Å². The van der Waals surface area contributed by atoms with Gasteiger partial charge in [0.05, 0.1) is 0 Å². The molecule has 0 aromatic rings. The molecule has 15 heavy (non-hydrogen) atoms. The van der Waals surface area contributed by atoms with Gasteiger partial charge in [-0.1, -0.05) is 51.2 Å². The minimum absolute atomic E-state index is 0.646. The highest BCUT2D eigenvalue weighted by Gasteiger charge is 2.46. The lowest BCUT2D eigenvalue weighted by atomic mass is 9.66. The molecule has 0 radical (unpaired) electrons. The third kappa shape index (κ3) is 1.57. The van der Waals surface area contributed by atoms with Gasteiger partial charge in [0, 0.05) is 0 Å². The van der Waals surface area contributed by atoms with E-state index < -0.39 is 0 Å². The van der Waals surface area contributed by atoms with E-state index in [9.17, 15) is 0 Å². The predicted octanol–water partition coefficient (Wildman–Crippen LogP) is 4.56. The number of hydrogen-bond donors (Lipinski definition) is 0. The number of rotatable bonds is 2. The Morgan fingerprint density at radius 2 is 1.93 bits per heavy atom. The Hall–Kier alpha value is -0.260. The Kier molecular flexibility index (Phi) is 2.41. The molecule has 0 saturated heterocycles. The molecule has 2 saturated carbocycles. The lowest BCUT2D eigenvalue weighted by molar-refractivity contribution is 0.142. The second kappa shape index (κ2) is 3.64. The van der Waals surface area contributed by atoms with E-state index in [0.717, 1.165) is 17.8 Å². The van der Waals surface area contributed by atoms with E-state index in [4.69, 9.17) is 0 Å². The zero-order valence-corrected chi connectivity index (χ0v) is 10.0. The maximum atomic E-state index is 2.60. The maximum absolute atomic E-state index is 2.60. The van der Waals surface area contributed by atoms with E-state index in [1.54, 1.807) is 0 Å². The summed E-state index contributed by atoms with van der Waals surface area (Å²) >= 11 is 0. The fourth-order valence-electron chi connectivity index (χ4n) is 4.46. The summed E-state index contributed by atoms with van der Waals surface area (Å²) < 4.78 is 0. The molecular weight excluding hydrogens is 180 g/mol. The molecule has 2 fully saturated rings. The van der Waals surface area contributed by atoms with Gasteiger partial charge in [0.1, 0.15) is 0 Å². The van der Waals surface area contributed by atoms with Crippen molar-refractivity contribution >= 4 is 0 Å². The molecule has 0 aliphatic heterocycles. The number of fused-ring (bicyclic) bond motifs is 2. The van der Waals surface area contributed by atoms with Crippen LogP contribution in [0.3, 0.4) is 0 Å². The van der Waals surface area contributed by atoms with Crippen molar-refractivity contribution in [3.8, 4) is 0 Å². The molecule has 0 aromatic heterocycles. The molecule has 0 heterocycles. The average molecular weight is 204 g/mol. The highest BCUT2D eigenvalue weighted by molar-refractivity contribution is 5.17. The minimum Gasteiger partial charge on any atom is -0.0848 e. The Morgan fingerprint density at radius 3 is 2.47 bits per heavy atom. The van der Waals surface area contributed by atoms with E-state index in [-0.39, 0.29) is 0 Å². The molecule has 3 aliphatic rings. The van der Waals surface area contributed by atoms with Gasteiger partial charge in [-0.15, -0.1) is 0 Å². The largest absolute Gasteiger partial charge is 0.0848 e. The molecule has 3 aliphatic carbocycles. The third-order valence-electron chi connectivity index (χ3n) is 5.59. The molecule has 0 aromatic carbocycles. The second-order valence-corrected chi connectivity index (χ2v) is 6.28. The van der Waals surface area contributed by atoms with Crippen molar-refractivity contribution in [3.05, 3.63) is 12.2 Å². The van der Waals surface area contributed by atoms with Gasteiger partial charge in [-0.2, -0.15) is 0 Å². The first-order valence-corrected chi connectivity index (χ1v) is 6.99. The zero-order valence-electron chi connectivity index (χ0n) is 10.0. The Morgan fingerprint density at radius 1 is 1.13 bits per heavy atom. The minimum atomic E-state index is 0.646. The average Bonchev–Trinajstić information content (AvgIpc) is 2.90. The number of hydrogen-bond acceptors (Lipinski definition) is 0. The summed E-state index contributed by atoms with van der Waals surface area (Å²) in [6, 6.07) is 0. The van der Waals surface area contributed by atoms with E-state index >= 15 is 0 Å². The quantitative estimate of drug-likeness (QED) is 0.578. The molecule has 0 heteroatoms. The summed E-state index contributed by atoms with van der Waals surface area (Å²) in [5, 5.41) is 0. The highest BCUT2D eigenvalue weighted by atomic mass is 14.5. The van der Waals surface area contributed by atoms with Crippen LogP contribution in [0.4, 0.5) is 0 Å². The standard InChI is InChI=1S/C15H24/c1-12(14-5-3-2-4-6-14)15-9-7-13(11-15)8-10-15/h7,9,12-14H,2-6,8,10-11H2,1H3. The lowest BCUT2D eigenvalue weighted by Gasteiger charge is -2.39. The van der Waals surface area contributed by atoms with Crippen LogP contribution < -0.4 is 0 Å². The summed E-state index contributed by atoms with van der Waals surface area (Å²) in [4.78, 5) is 0. The van der Waals surface area contributed by atoms with Gasteiger partial charge in [-0.25, -0.2) is 0 Å². The van der Waals surface area contributed by atoms with E-state index in [0.29, 0.717) is 5.41 Å². The summed E-state index contributed by atoms with van der Waals surface area (Å²) in [6.45, 7) is 2.55. The molecule has 0 spiro atoms. The predicted molar refractivity (Wildman–Crippen MR) is 64.7 cm³/mol. The third-order valence-corrected chi connectivity index (χ3v) is 5.59. The van der Waals surface area contributed by atoms with Gasteiger partial charge >= 0.3 is 0 Å². The molecule has 0 N–H and O–H groups in total. The number of allylic oxidation sites excluding steroid dienone is 2. The molecule has 84 valence electrons. The van der Waals surface area contributed by atoms with Gasteiger partial charge in [-0.3, -0.25) is 0 Å². The van der Waals surface area contributed by atoms with E-state index in [1.165, 1.54) is 51.4 Å². The van der Waals surface area contributed by atoms with Crippen molar-refractivity contribution in [1.82, 2.24) is 0 Å². The molecule has 3 unspecified atom stereocenters. The summed E-state index contributed by atoms with van der Waals surface area (Å²) in [6.07, 6.45) is 17.1. The highest BCUT2D eigenvalue weighted by Crippen LogP contribution is 2.56. The molecule has 0 nitrogen and oxygen atoms in total. The molecular formula is C15H24. The topological polar surface area (TPSA) is 0 Å². The van der Waals surface area contributed by atoms with Crippen molar-refractivity contribution in [2.75, 3.05) is 0 Å². The van der Waals surface area contributed by atoms with Crippen LogP contribution in [-0.4, -0.2) is 0 Å². The van der Waals surface area contributed by atoms with Gasteiger partial charge < -0.3 is 0 Å². The first-order valence-electron chi connectivity index (χ1n) is 6.99. The van der Waals surface area contributed by atoms with Crippen LogP contribution in [0.2, 0.25) is 0 Å². The van der Waals surface area contributed by atoms with Crippen LogP contribution in [0.25, 0.3) is 0 Å². The SMILES string of the molecule is CC(C1CCCCC1)C12C=CC(CC1)C2.